The van der Waals surface area contributed by atoms with Crippen LogP contribution in [0.15, 0.2) is 40.7 Å². The Balaban J connectivity index is 1.80. The van der Waals surface area contributed by atoms with Gasteiger partial charge in [-0.1, -0.05) is 32.9 Å². The van der Waals surface area contributed by atoms with Gasteiger partial charge in [-0.05, 0) is 47.4 Å². The van der Waals surface area contributed by atoms with Crippen LogP contribution in [0.2, 0.25) is 0 Å². The van der Waals surface area contributed by atoms with E-state index in [-0.39, 0.29) is 11.2 Å². The highest BCUT2D eigenvalue weighted by Gasteiger charge is 2.23. The molecule has 0 radical (unpaired) electrons. The average Bonchev–Trinajstić information content (AvgIpc) is 3.17. The van der Waals surface area contributed by atoms with E-state index in [0.29, 0.717) is 18.3 Å². The predicted molar refractivity (Wildman–Crippen MR) is 102 cm³/mol. The van der Waals surface area contributed by atoms with Crippen molar-refractivity contribution < 1.29 is 5.11 Å². The van der Waals surface area contributed by atoms with Crippen LogP contribution in [0, 0.1) is 0 Å². The fraction of sp³-hybridized carbons (Fsp3) is 0.421. The van der Waals surface area contributed by atoms with Gasteiger partial charge in [0.1, 0.15) is 5.75 Å². The minimum atomic E-state index is 0.0301. The molecule has 3 N–H and O–H groups in total. The van der Waals surface area contributed by atoms with Crippen molar-refractivity contribution in [3.05, 3.63) is 46.2 Å². The molecule has 128 valence electrons. The molecule has 1 aliphatic rings. The van der Waals surface area contributed by atoms with Crippen LogP contribution in [-0.2, 0) is 12.0 Å². The quantitative estimate of drug-likeness (QED) is 0.436. The molecule has 0 aliphatic heterocycles. The number of rotatable bonds is 4. The van der Waals surface area contributed by atoms with Gasteiger partial charge in [0.2, 0.25) is 0 Å². The van der Waals surface area contributed by atoms with Crippen molar-refractivity contribution in [2.45, 2.75) is 51.6 Å². The van der Waals surface area contributed by atoms with Crippen molar-refractivity contribution in [3.63, 3.8) is 0 Å². The van der Waals surface area contributed by atoms with E-state index in [9.17, 15) is 5.11 Å². The summed E-state index contributed by atoms with van der Waals surface area (Å²) in [6.07, 6.45) is 2.35. The largest absolute Gasteiger partial charge is 0.506 e. The maximum atomic E-state index is 10.2. The molecule has 1 saturated carbocycles. The van der Waals surface area contributed by atoms with Crippen LogP contribution in [0.4, 0.5) is 5.69 Å². The zero-order valence-corrected chi connectivity index (χ0v) is 15.3. The van der Waals surface area contributed by atoms with E-state index < -0.39 is 0 Å². The second kappa shape index (κ2) is 6.85. The molecule has 1 fully saturated rings. The number of hydrogen-bond acceptors (Lipinski definition) is 3. The Morgan fingerprint density at radius 3 is 2.71 bits per heavy atom. The molecule has 1 aromatic carbocycles. The van der Waals surface area contributed by atoms with Gasteiger partial charge in [0.15, 0.2) is 5.96 Å². The molecule has 24 heavy (non-hydrogen) atoms. The number of aliphatic imine (C=N–C) groups is 1. The number of phenolic OH excluding ortho intramolecular Hbond substituents is 1. The zero-order valence-electron chi connectivity index (χ0n) is 14.5. The van der Waals surface area contributed by atoms with E-state index in [2.05, 4.69) is 47.8 Å². The molecule has 1 aromatic heterocycles. The Kier molecular flexibility index (Phi) is 4.81. The molecule has 5 heteroatoms. The van der Waals surface area contributed by atoms with E-state index in [1.165, 1.54) is 23.3 Å². The number of aromatic hydroxyl groups is 1. The van der Waals surface area contributed by atoms with Gasteiger partial charge in [0, 0.05) is 10.9 Å². The molecule has 0 atom stereocenters. The number of anilines is 1. The Hall–Kier alpha value is -2.01. The van der Waals surface area contributed by atoms with E-state index in [4.69, 9.17) is 0 Å². The lowest BCUT2D eigenvalue weighted by Gasteiger charge is -2.21. The first-order valence-corrected chi connectivity index (χ1v) is 9.24. The summed E-state index contributed by atoms with van der Waals surface area (Å²) in [5.74, 6) is 0.969. The third-order valence-electron chi connectivity index (χ3n) is 4.01. The lowest BCUT2D eigenvalue weighted by atomic mass is 9.87. The number of guanidine groups is 1. The topological polar surface area (TPSA) is 56.6 Å². The van der Waals surface area contributed by atoms with Crippen LogP contribution >= 0.6 is 11.3 Å². The van der Waals surface area contributed by atoms with Crippen molar-refractivity contribution >= 4 is 23.0 Å². The normalized spacial score (nSPS) is 15.4. The Labute approximate surface area is 147 Å². The summed E-state index contributed by atoms with van der Waals surface area (Å²) in [6, 6.07) is 10.3. The fourth-order valence-electron chi connectivity index (χ4n) is 2.33. The van der Waals surface area contributed by atoms with Gasteiger partial charge >= 0.3 is 0 Å². The van der Waals surface area contributed by atoms with Crippen LogP contribution < -0.4 is 10.6 Å². The van der Waals surface area contributed by atoms with Gasteiger partial charge in [-0.25, -0.2) is 4.99 Å². The van der Waals surface area contributed by atoms with Crippen LogP contribution in [0.5, 0.6) is 5.75 Å². The van der Waals surface area contributed by atoms with Gasteiger partial charge in [-0.2, -0.15) is 0 Å². The standard InChI is InChI=1S/C19H25N3OS/c1-19(2,3)13-6-9-17(23)16(11-13)22-18(21-14-7-8-14)20-12-15-5-4-10-24-15/h4-6,9-11,14,23H,7-8,12H2,1-3H3,(H2,20,21,22). The molecule has 0 spiro atoms. The Morgan fingerprint density at radius 2 is 2.08 bits per heavy atom. The smallest absolute Gasteiger partial charge is 0.196 e. The molecule has 0 unspecified atom stereocenters. The van der Waals surface area contributed by atoms with E-state index in [0.717, 1.165) is 5.96 Å². The second-order valence-corrected chi connectivity index (χ2v) is 8.30. The molecule has 0 bridgehead atoms. The summed E-state index contributed by atoms with van der Waals surface area (Å²) < 4.78 is 0. The molecule has 0 amide bonds. The van der Waals surface area contributed by atoms with E-state index in [1.807, 2.05) is 18.2 Å². The predicted octanol–water partition coefficient (Wildman–Crippen LogP) is 4.47. The third-order valence-corrected chi connectivity index (χ3v) is 4.87. The maximum Gasteiger partial charge on any atom is 0.196 e. The molecule has 3 rings (SSSR count). The van der Waals surface area contributed by atoms with Crippen molar-refractivity contribution in [2.24, 2.45) is 4.99 Å². The Morgan fingerprint density at radius 1 is 1.29 bits per heavy atom. The zero-order chi connectivity index (χ0) is 17.2. The van der Waals surface area contributed by atoms with Crippen molar-refractivity contribution in [2.75, 3.05) is 5.32 Å². The summed E-state index contributed by atoms with van der Waals surface area (Å²) in [4.78, 5) is 5.89. The number of nitrogens with zero attached hydrogens (tertiary/aromatic N) is 1. The van der Waals surface area contributed by atoms with Crippen LogP contribution in [-0.4, -0.2) is 17.1 Å². The summed E-state index contributed by atoms with van der Waals surface area (Å²) in [5.41, 5.74) is 1.90. The van der Waals surface area contributed by atoms with Crippen molar-refractivity contribution in [3.8, 4) is 5.75 Å². The SMILES string of the molecule is CC(C)(C)c1ccc(O)c(NC(=NCc2cccs2)NC2CC2)c1. The number of hydrogen-bond donors (Lipinski definition) is 3. The first-order valence-electron chi connectivity index (χ1n) is 8.36. The number of thiophene rings is 1. The Bertz CT molecular complexity index is 713. The summed E-state index contributed by atoms with van der Waals surface area (Å²) >= 11 is 1.70. The van der Waals surface area contributed by atoms with E-state index >= 15 is 0 Å². The summed E-state index contributed by atoms with van der Waals surface area (Å²) in [5, 5.41) is 19.0. The van der Waals surface area contributed by atoms with Gasteiger partial charge < -0.3 is 15.7 Å². The second-order valence-electron chi connectivity index (χ2n) is 7.27. The lowest BCUT2D eigenvalue weighted by molar-refractivity contribution is 0.476. The van der Waals surface area contributed by atoms with E-state index in [1.54, 1.807) is 17.4 Å². The van der Waals surface area contributed by atoms with Crippen LogP contribution in [0.25, 0.3) is 0 Å². The van der Waals surface area contributed by atoms with Crippen molar-refractivity contribution in [1.82, 2.24) is 5.32 Å². The van der Waals surface area contributed by atoms with Gasteiger partial charge in [-0.3, -0.25) is 0 Å². The van der Waals surface area contributed by atoms with Crippen LogP contribution in [0.1, 0.15) is 44.1 Å². The summed E-state index contributed by atoms with van der Waals surface area (Å²) in [6.45, 7) is 7.13. The van der Waals surface area contributed by atoms with Gasteiger partial charge in [-0.15, -0.1) is 11.3 Å². The summed E-state index contributed by atoms with van der Waals surface area (Å²) in [7, 11) is 0. The molecular weight excluding hydrogens is 318 g/mol. The number of nitrogens with one attached hydrogen (secondary N) is 2. The highest BCUT2D eigenvalue weighted by Crippen LogP contribution is 2.31. The first kappa shape index (κ1) is 16.8. The molecule has 1 heterocycles. The molecule has 0 saturated heterocycles. The molecule has 4 nitrogen and oxygen atoms in total. The molecule has 1 aliphatic carbocycles. The lowest BCUT2D eigenvalue weighted by Crippen LogP contribution is -2.32. The average molecular weight is 343 g/mol. The molecular formula is C19H25N3OS. The fourth-order valence-corrected chi connectivity index (χ4v) is 2.96. The van der Waals surface area contributed by atoms with Crippen molar-refractivity contribution in [1.29, 1.82) is 0 Å². The van der Waals surface area contributed by atoms with Gasteiger partial charge in [0.05, 0.1) is 12.2 Å². The number of benzene rings is 1. The monoisotopic (exact) mass is 343 g/mol. The maximum absolute atomic E-state index is 10.2. The van der Waals surface area contributed by atoms with Gasteiger partial charge in [0.25, 0.3) is 0 Å². The van der Waals surface area contributed by atoms with Crippen LogP contribution in [0.3, 0.4) is 0 Å². The highest BCUT2D eigenvalue weighted by atomic mass is 32.1. The third kappa shape index (κ3) is 4.51. The molecule has 2 aromatic rings. The highest BCUT2D eigenvalue weighted by molar-refractivity contribution is 7.09. The minimum absolute atomic E-state index is 0.0301. The first-order chi connectivity index (χ1) is 11.4. The number of phenols is 1. The minimum Gasteiger partial charge on any atom is -0.506 e.